The predicted octanol–water partition coefficient (Wildman–Crippen LogP) is 5.59. The molecule has 4 aromatic rings. The summed E-state index contributed by atoms with van der Waals surface area (Å²) >= 11 is 1.07. The summed E-state index contributed by atoms with van der Waals surface area (Å²) in [6.45, 7) is 0. The standard InChI is InChI=1S/C21H13F4N3O2S/c22-11-2-4-15(24)14(7-11)17-10-31-21(27-17)28-19(29)5-6-20-26-9-18(30-20)13-3-1-12(23)8-16(13)25/h1-4,7-10H,5-6H2,(H,27,28,29). The Morgan fingerprint density at radius 3 is 2.58 bits per heavy atom. The molecular weight excluding hydrogens is 434 g/mol. The maximum atomic E-state index is 13.9. The lowest BCUT2D eigenvalue weighted by molar-refractivity contribution is -0.116. The Morgan fingerprint density at radius 1 is 1.00 bits per heavy atom. The lowest BCUT2D eigenvalue weighted by atomic mass is 10.1. The average molecular weight is 447 g/mol. The molecule has 0 spiro atoms. The van der Waals surface area contributed by atoms with Gasteiger partial charge in [-0.2, -0.15) is 0 Å². The number of benzene rings is 2. The second-order valence-corrected chi connectivity index (χ2v) is 7.31. The zero-order valence-corrected chi connectivity index (χ0v) is 16.5. The molecular formula is C21H13F4N3O2S. The molecule has 0 radical (unpaired) electrons. The second-order valence-electron chi connectivity index (χ2n) is 6.45. The molecule has 0 fully saturated rings. The van der Waals surface area contributed by atoms with Gasteiger partial charge in [-0.15, -0.1) is 11.3 Å². The molecule has 0 aliphatic carbocycles. The van der Waals surface area contributed by atoms with Crippen LogP contribution in [-0.2, 0) is 11.2 Å². The largest absolute Gasteiger partial charge is 0.441 e. The van der Waals surface area contributed by atoms with Crippen molar-refractivity contribution in [3.8, 4) is 22.6 Å². The molecule has 5 nitrogen and oxygen atoms in total. The van der Waals surface area contributed by atoms with E-state index in [0.29, 0.717) is 0 Å². The summed E-state index contributed by atoms with van der Waals surface area (Å²) < 4.78 is 59.5. The molecule has 10 heteroatoms. The highest BCUT2D eigenvalue weighted by Gasteiger charge is 2.15. The van der Waals surface area contributed by atoms with Gasteiger partial charge in [0.05, 0.1) is 17.5 Å². The summed E-state index contributed by atoms with van der Waals surface area (Å²) in [7, 11) is 0. The number of nitrogens with one attached hydrogen (secondary N) is 1. The average Bonchev–Trinajstić information content (AvgIpc) is 3.38. The lowest BCUT2D eigenvalue weighted by Crippen LogP contribution is -2.12. The van der Waals surface area contributed by atoms with E-state index in [1.54, 1.807) is 0 Å². The summed E-state index contributed by atoms with van der Waals surface area (Å²) in [5.41, 5.74) is 0.262. The number of rotatable bonds is 6. The molecule has 0 saturated heterocycles. The number of amides is 1. The van der Waals surface area contributed by atoms with Gasteiger partial charge in [-0.1, -0.05) is 0 Å². The number of aryl methyl sites for hydroxylation is 1. The quantitative estimate of drug-likeness (QED) is 0.391. The van der Waals surface area contributed by atoms with Crippen molar-refractivity contribution in [2.45, 2.75) is 12.8 Å². The molecule has 0 aliphatic rings. The van der Waals surface area contributed by atoms with E-state index in [1.807, 2.05) is 0 Å². The molecule has 2 aromatic carbocycles. The van der Waals surface area contributed by atoms with Crippen molar-refractivity contribution in [3.05, 3.63) is 77.1 Å². The van der Waals surface area contributed by atoms with Crippen LogP contribution in [0.2, 0.25) is 0 Å². The monoisotopic (exact) mass is 447 g/mol. The minimum Gasteiger partial charge on any atom is -0.441 e. The van der Waals surface area contributed by atoms with E-state index in [4.69, 9.17) is 4.42 Å². The van der Waals surface area contributed by atoms with Crippen molar-refractivity contribution in [1.82, 2.24) is 9.97 Å². The highest BCUT2D eigenvalue weighted by Crippen LogP contribution is 2.28. The Morgan fingerprint density at radius 2 is 1.77 bits per heavy atom. The molecule has 31 heavy (non-hydrogen) atoms. The molecule has 0 unspecified atom stereocenters. The lowest BCUT2D eigenvalue weighted by Gasteiger charge is -2.01. The van der Waals surface area contributed by atoms with Gasteiger partial charge in [-0.05, 0) is 30.3 Å². The van der Waals surface area contributed by atoms with Gasteiger partial charge in [0.1, 0.15) is 23.3 Å². The number of hydrogen-bond donors (Lipinski definition) is 1. The first kappa shape index (κ1) is 20.7. The van der Waals surface area contributed by atoms with Gasteiger partial charge in [0, 0.05) is 29.9 Å². The molecule has 1 N–H and O–H groups in total. The third-order valence-electron chi connectivity index (χ3n) is 4.27. The number of hydrogen-bond acceptors (Lipinski definition) is 5. The first-order chi connectivity index (χ1) is 14.9. The number of nitrogens with zero attached hydrogens (tertiary/aromatic N) is 2. The van der Waals surface area contributed by atoms with Gasteiger partial charge in [0.15, 0.2) is 16.8 Å². The minimum atomic E-state index is -0.783. The molecule has 0 aliphatic heterocycles. The van der Waals surface area contributed by atoms with Crippen molar-refractivity contribution in [2.24, 2.45) is 0 Å². The smallest absolute Gasteiger partial charge is 0.226 e. The number of anilines is 1. The maximum absolute atomic E-state index is 13.9. The van der Waals surface area contributed by atoms with Crippen LogP contribution < -0.4 is 5.32 Å². The van der Waals surface area contributed by atoms with E-state index in [9.17, 15) is 22.4 Å². The van der Waals surface area contributed by atoms with E-state index < -0.39 is 29.2 Å². The topological polar surface area (TPSA) is 68.0 Å². The van der Waals surface area contributed by atoms with Crippen molar-refractivity contribution in [1.29, 1.82) is 0 Å². The van der Waals surface area contributed by atoms with Crippen LogP contribution >= 0.6 is 11.3 Å². The number of aromatic nitrogens is 2. The molecule has 0 atom stereocenters. The third-order valence-corrected chi connectivity index (χ3v) is 5.03. The zero-order valence-electron chi connectivity index (χ0n) is 15.7. The Bertz CT molecular complexity index is 1260. The second kappa shape index (κ2) is 8.68. The minimum absolute atomic E-state index is 0.00270. The van der Waals surface area contributed by atoms with Crippen molar-refractivity contribution in [3.63, 3.8) is 0 Å². The van der Waals surface area contributed by atoms with Crippen LogP contribution in [0.25, 0.3) is 22.6 Å². The predicted molar refractivity (Wildman–Crippen MR) is 106 cm³/mol. The summed E-state index contributed by atoms with van der Waals surface area (Å²) in [5, 5.41) is 4.30. The Hall–Kier alpha value is -3.53. The summed E-state index contributed by atoms with van der Waals surface area (Å²) in [6, 6.07) is 6.12. The first-order valence-electron chi connectivity index (χ1n) is 9.00. The van der Waals surface area contributed by atoms with Crippen LogP contribution in [0, 0.1) is 23.3 Å². The Labute approximate surface area is 177 Å². The van der Waals surface area contributed by atoms with Crippen LogP contribution in [0.3, 0.4) is 0 Å². The van der Waals surface area contributed by atoms with Gasteiger partial charge in [-0.25, -0.2) is 27.5 Å². The molecule has 158 valence electrons. The van der Waals surface area contributed by atoms with Gasteiger partial charge >= 0.3 is 0 Å². The summed E-state index contributed by atoms with van der Waals surface area (Å²) in [4.78, 5) is 20.3. The maximum Gasteiger partial charge on any atom is 0.226 e. The van der Waals surface area contributed by atoms with Crippen molar-refractivity contribution >= 4 is 22.4 Å². The SMILES string of the molecule is O=C(CCc1ncc(-c2ccc(F)cc2F)o1)Nc1nc(-c2cc(F)ccc2F)cs1. The molecule has 0 bridgehead atoms. The fourth-order valence-electron chi connectivity index (χ4n) is 2.79. The zero-order chi connectivity index (χ0) is 22.0. The number of halogens is 4. The van der Waals surface area contributed by atoms with Gasteiger partial charge in [0.25, 0.3) is 0 Å². The highest BCUT2D eigenvalue weighted by molar-refractivity contribution is 7.14. The van der Waals surface area contributed by atoms with E-state index in [-0.39, 0.29) is 46.4 Å². The first-order valence-corrected chi connectivity index (χ1v) is 9.88. The van der Waals surface area contributed by atoms with Crippen LogP contribution in [0.15, 0.2) is 52.4 Å². The Kier molecular flexibility index (Phi) is 5.81. The van der Waals surface area contributed by atoms with Gasteiger partial charge < -0.3 is 9.73 Å². The number of oxazole rings is 1. The molecule has 4 rings (SSSR count). The van der Waals surface area contributed by atoms with E-state index >= 15 is 0 Å². The summed E-state index contributed by atoms with van der Waals surface area (Å²) in [6.07, 6.45) is 1.42. The molecule has 2 heterocycles. The number of thiazole rings is 1. The normalized spacial score (nSPS) is 11.0. The third kappa shape index (κ3) is 4.80. The fraction of sp³-hybridized carbons (Fsp3) is 0.0952. The van der Waals surface area contributed by atoms with Crippen LogP contribution in [0.4, 0.5) is 22.7 Å². The fourth-order valence-corrected chi connectivity index (χ4v) is 3.52. The van der Waals surface area contributed by atoms with Gasteiger partial charge in [0.2, 0.25) is 5.91 Å². The number of carbonyl (C=O) groups is 1. The van der Waals surface area contributed by atoms with E-state index in [0.717, 1.165) is 41.7 Å². The molecule has 1 amide bonds. The van der Waals surface area contributed by atoms with Crippen LogP contribution in [-0.4, -0.2) is 15.9 Å². The van der Waals surface area contributed by atoms with Crippen LogP contribution in [0.5, 0.6) is 0 Å². The highest BCUT2D eigenvalue weighted by atomic mass is 32.1. The van der Waals surface area contributed by atoms with Crippen LogP contribution in [0.1, 0.15) is 12.3 Å². The Balaban J connectivity index is 1.37. The van der Waals surface area contributed by atoms with Gasteiger partial charge in [-0.3, -0.25) is 4.79 Å². The van der Waals surface area contributed by atoms with Crippen molar-refractivity contribution in [2.75, 3.05) is 5.32 Å². The molecule has 2 aromatic heterocycles. The van der Waals surface area contributed by atoms with Crippen molar-refractivity contribution < 1.29 is 26.8 Å². The summed E-state index contributed by atoms with van der Waals surface area (Å²) in [5.74, 6) is -2.78. The van der Waals surface area contributed by atoms with E-state index in [2.05, 4.69) is 15.3 Å². The number of carbonyl (C=O) groups excluding carboxylic acids is 1. The van der Waals surface area contributed by atoms with E-state index in [1.165, 1.54) is 17.6 Å². The molecule has 0 saturated carbocycles.